The third-order valence-electron chi connectivity index (χ3n) is 3.19. The maximum absolute atomic E-state index is 12.1. The van der Waals surface area contributed by atoms with E-state index >= 15 is 0 Å². The average Bonchev–Trinajstić information content (AvgIpc) is 2.50. The van der Waals surface area contributed by atoms with Crippen LogP contribution in [0.4, 0.5) is 0 Å². The van der Waals surface area contributed by atoms with Crippen LogP contribution in [0.1, 0.15) is 26.3 Å². The minimum Gasteiger partial charge on any atom is -0.464 e. The van der Waals surface area contributed by atoms with Gasteiger partial charge in [-0.15, -0.1) is 0 Å². The Kier molecular flexibility index (Phi) is 5.49. The van der Waals surface area contributed by atoms with Crippen LogP contribution in [0.2, 0.25) is 0 Å². The fourth-order valence-electron chi connectivity index (χ4n) is 2.13. The molecule has 0 saturated heterocycles. The van der Waals surface area contributed by atoms with Gasteiger partial charge in [0.15, 0.2) is 6.04 Å². The van der Waals surface area contributed by atoms with Crippen molar-refractivity contribution >= 4 is 21.9 Å². The number of rotatable bonds is 5. The Morgan fingerprint density at radius 2 is 2.09 bits per heavy atom. The van der Waals surface area contributed by atoms with E-state index in [-0.39, 0.29) is 12.2 Å². The van der Waals surface area contributed by atoms with Gasteiger partial charge in [-0.2, -0.15) is 5.10 Å². The third kappa shape index (κ3) is 3.62. The van der Waals surface area contributed by atoms with Crippen molar-refractivity contribution in [2.45, 2.75) is 26.3 Å². The van der Waals surface area contributed by atoms with Crippen molar-refractivity contribution in [2.24, 2.45) is 0 Å². The van der Waals surface area contributed by atoms with Crippen LogP contribution in [0.15, 0.2) is 45.7 Å². The Bertz CT molecular complexity index is 727. The first-order valence-corrected chi connectivity index (χ1v) is 7.88. The van der Waals surface area contributed by atoms with Crippen molar-refractivity contribution in [3.05, 3.63) is 51.2 Å². The zero-order valence-electron chi connectivity index (χ0n) is 12.5. The third-order valence-corrected chi connectivity index (χ3v) is 3.68. The number of aromatic nitrogens is 2. The molecule has 22 heavy (non-hydrogen) atoms. The van der Waals surface area contributed by atoms with Gasteiger partial charge in [0.05, 0.1) is 12.3 Å². The van der Waals surface area contributed by atoms with Crippen molar-refractivity contribution in [3.8, 4) is 11.3 Å². The Morgan fingerprint density at radius 3 is 2.73 bits per heavy atom. The van der Waals surface area contributed by atoms with Gasteiger partial charge < -0.3 is 4.74 Å². The first kappa shape index (κ1) is 16.4. The van der Waals surface area contributed by atoms with Gasteiger partial charge in [-0.1, -0.05) is 35.0 Å². The molecule has 0 spiro atoms. The van der Waals surface area contributed by atoms with Crippen molar-refractivity contribution in [1.29, 1.82) is 0 Å². The molecule has 5 nitrogen and oxygen atoms in total. The Morgan fingerprint density at radius 1 is 1.32 bits per heavy atom. The SMILES string of the molecule is CCOC(=O)[C@@H](CC)n1nc(-c2cccc(Br)c2)ccc1=O. The van der Waals surface area contributed by atoms with Gasteiger partial charge in [0.2, 0.25) is 0 Å². The molecule has 1 aromatic carbocycles. The minimum absolute atomic E-state index is 0.273. The number of hydrogen-bond donors (Lipinski definition) is 0. The lowest BCUT2D eigenvalue weighted by molar-refractivity contribution is -0.147. The summed E-state index contributed by atoms with van der Waals surface area (Å²) in [6.45, 7) is 3.83. The highest BCUT2D eigenvalue weighted by Gasteiger charge is 2.22. The van der Waals surface area contributed by atoms with E-state index in [2.05, 4.69) is 21.0 Å². The lowest BCUT2D eigenvalue weighted by atomic mass is 10.1. The topological polar surface area (TPSA) is 61.2 Å². The van der Waals surface area contributed by atoms with E-state index in [1.807, 2.05) is 31.2 Å². The molecule has 116 valence electrons. The summed E-state index contributed by atoms with van der Waals surface area (Å²) in [5, 5.41) is 4.34. The van der Waals surface area contributed by atoms with Gasteiger partial charge in [0.25, 0.3) is 5.56 Å². The molecule has 0 amide bonds. The molecule has 0 bridgehead atoms. The highest BCUT2D eigenvalue weighted by Crippen LogP contribution is 2.21. The average molecular weight is 365 g/mol. The number of esters is 1. The molecule has 2 rings (SSSR count). The molecule has 0 aliphatic heterocycles. The molecule has 0 radical (unpaired) electrons. The smallest absolute Gasteiger partial charge is 0.331 e. The Labute approximate surface area is 137 Å². The van der Waals surface area contributed by atoms with E-state index in [0.717, 1.165) is 10.0 Å². The fourth-order valence-corrected chi connectivity index (χ4v) is 2.53. The molecule has 1 heterocycles. The molecule has 0 N–H and O–H groups in total. The van der Waals surface area contributed by atoms with Crippen LogP contribution in [0.3, 0.4) is 0 Å². The molecule has 1 aromatic heterocycles. The lowest BCUT2D eigenvalue weighted by Crippen LogP contribution is -2.32. The van der Waals surface area contributed by atoms with Crippen molar-refractivity contribution in [3.63, 3.8) is 0 Å². The Balaban J connectivity index is 2.46. The van der Waals surface area contributed by atoms with E-state index in [1.54, 1.807) is 13.0 Å². The molecule has 0 aliphatic carbocycles. The van der Waals surface area contributed by atoms with Crippen LogP contribution in [0.5, 0.6) is 0 Å². The maximum Gasteiger partial charge on any atom is 0.331 e. The number of ether oxygens (including phenoxy) is 1. The van der Waals surface area contributed by atoms with Gasteiger partial charge in [0, 0.05) is 16.1 Å². The van der Waals surface area contributed by atoms with E-state index in [0.29, 0.717) is 12.1 Å². The van der Waals surface area contributed by atoms with Gasteiger partial charge in [-0.25, -0.2) is 9.48 Å². The predicted octanol–water partition coefficient (Wildman–Crippen LogP) is 3.19. The van der Waals surface area contributed by atoms with E-state index in [4.69, 9.17) is 4.74 Å². The summed E-state index contributed by atoms with van der Waals surface area (Å²) in [6.07, 6.45) is 0.438. The molecule has 0 fully saturated rings. The second-order valence-corrected chi connectivity index (χ2v) is 5.60. The van der Waals surface area contributed by atoms with Crippen LogP contribution in [0.25, 0.3) is 11.3 Å². The van der Waals surface area contributed by atoms with Crippen LogP contribution < -0.4 is 5.56 Å². The number of carbonyl (C=O) groups is 1. The van der Waals surface area contributed by atoms with Gasteiger partial charge >= 0.3 is 5.97 Å². The van der Waals surface area contributed by atoms with Crippen molar-refractivity contribution in [1.82, 2.24) is 9.78 Å². The summed E-state index contributed by atoms with van der Waals surface area (Å²) >= 11 is 3.41. The molecular formula is C16H17BrN2O3. The quantitative estimate of drug-likeness (QED) is 0.764. The van der Waals surface area contributed by atoms with Crippen LogP contribution >= 0.6 is 15.9 Å². The van der Waals surface area contributed by atoms with Crippen molar-refractivity contribution < 1.29 is 9.53 Å². The van der Waals surface area contributed by atoms with Gasteiger partial charge in [-0.05, 0) is 31.5 Å². The molecule has 1 atom stereocenters. The summed E-state index contributed by atoms with van der Waals surface area (Å²) in [5.41, 5.74) is 1.17. The molecule has 0 unspecified atom stereocenters. The van der Waals surface area contributed by atoms with Gasteiger partial charge in [-0.3, -0.25) is 4.79 Å². The second-order valence-electron chi connectivity index (χ2n) is 4.69. The lowest BCUT2D eigenvalue weighted by Gasteiger charge is -2.16. The van der Waals surface area contributed by atoms with Crippen LogP contribution in [0, 0.1) is 0 Å². The van der Waals surface area contributed by atoms with E-state index < -0.39 is 12.0 Å². The van der Waals surface area contributed by atoms with E-state index in [1.165, 1.54) is 10.7 Å². The highest BCUT2D eigenvalue weighted by molar-refractivity contribution is 9.10. The Hall–Kier alpha value is -1.95. The number of hydrogen-bond acceptors (Lipinski definition) is 4. The monoisotopic (exact) mass is 364 g/mol. The zero-order valence-corrected chi connectivity index (χ0v) is 14.0. The maximum atomic E-state index is 12.1. The molecule has 6 heteroatoms. The number of benzene rings is 1. The highest BCUT2D eigenvalue weighted by atomic mass is 79.9. The second kappa shape index (κ2) is 7.35. The first-order chi connectivity index (χ1) is 10.6. The van der Waals surface area contributed by atoms with E-state index in [9.17, 15) is 9.59 Å². The number of carbonyl (C=O) groups excluding carboxylic acids is 1. The normalized spacial score (nSPS) is 12.0. The summed E-state index contributed by atoms with van der Waals surface area (Å²) in [7, 11) is 0. The first-order valence-electron chi connectivity index (χ1n) is 7.09. The summed E-state index contributed by atoms with van der Waals surface area (Å²) < 4.78 is 7.14. The standard InChI is InChI=1S/C16H17BrN2O3/c1-3-14(16(21)22-4-2)19-15(20)9-8-13(18-19)11-6-5-7-12(17)10-11/h5-10,14H,3-4H2,1-2H3/t14-/m1/s1. The molecule has 2 aromatic rings. The zero-order chi connectivity index (χ0) is 16.1. The number of nitrogens with zero attached hydrogens (tertiary/aromatic N) is 2. The fraction of sp³-hybridized carbons (Fsp3) is 0.312. The summed E-state index contributed by atoms with van der Waals surface area (Å²) in [6, 6.07) is 9.96. The van der Waals surface area contributed by atoms with Crippen LogP contribution in [-0.4, -0.2) is 22.4 Å². The summed E-state index contributed by atoms with van der Waals surface area (Å²) in [5.74, 6) is -0.439. The van der Waals surface area contributed by atoms with Gasteiger partial charge in [0.1, 0.15) is 0 Å². The molecule has 0 aliphatic rings. The van der Waals surface area contributed by atoms with Crippen LogP contribution in [-0.2, 0) is 9.53 Å². The predicted molar refractivity (Wildman–Crippen MR) is 87.6 cm³/mol. The van der Waals surface area contributed by atoms with Crippen molar-refractivity contribution in [2.75, 3.05) is 6.61 Å². The molecule has 0 saturated carbocycles. The largest absolute Gasteiger partial charge is 0.464 e. The molecular weight excluding hydrogens is 348 g/mol. The summed E-state index contributed by atoms with van der Waals surface area (Å²) in [4.78, 5) is 24.1. The minimum atomic E-state index is -0.709. The number of halogens is 1.